The summed E-state index contributed by atoms with van der Waals surface area (Å²) in [4.78, 5) is 18.4. The number of anilines is 1. The highest BCUT2D eigenvalue weighted by Gasteiger charge is 2.35. The lowest BCUT2D eigenvalue weighted by Crippen LogP contribution is -2.24. The Labute approximate surface area is 158 Å². The molecule has 132 valence electrons. The Morgan fingerprint density at radius 2 is 2.00 bits per heavy atom. The largest absolute Gasteiger partial charge is 0.339 e. The minimum atomic E-state index is -0.325. The number of hydrogen-bond donors (Lipinski definition) is 0. The molecule has 1 unspecified atom stereocenters. The van der Waals surface area contributed by atoms with Crippen molar-refractivity contribution in [2.45, 2.75) is 19.3 Å². The predicted molar refractivity (Wildman–Crippen MR) is 98.3 cm³/mol. The molecule has 0 bridgehead atoms. The molecule has 26 heavy (non-hydrogen) atoms. The predicted octanol–water partition coefficient (Wildman–Crippen LogP) is 4.47. The van der Waals surface area contributed by atoms with E-state index in [4.69, 9.17) is 4.52 Å². The Kier molecular flexibility index (Phi) is 4.32. The number of halogens is 2. The highest BCUT2D eigenvalue weighted by atomic mass is 79.9. The van der Waals surface area contributed by atoms with E-state index in [1.807, 2.05) is 24.3 Å². The van der Waals surface area contributed by atoms with Crippen molar-refractivity contribution in [3.63, 3.8) is 0 Å². The van der Waals surface area contributed by atoms with Crippen LogP contribution in [0, 0.1) is 12.7 Å². The normalized spacial score (nSPS) is 17.1. The van der Waals surface area contributed by atoms with Crippen LogP contribution >= 0.6 is 15.9 Å². The van der Waals surface area contributed by atoms with Gasteiger partial charge >= 0.3 is 0 Å². The Morgan fingerprint density at radius 3 is 2.73 bits per heavy atom. The van der Waals surface area contributed by atoms with Gasteiger partial charge in [0.25, 0.3) is 0 Å². The van der Waals surface area contributed by atoms with Crippen molar-refractivity contribution in [2.75, 3.05) is 11.4 Å². The van der Waals surface area contributed by atoms with E-state index in [1.165, 1.54) is 6.07 Å². The highest BCUT2D eigenvalue weighted by Crippen LogP contribution is 2.32. The fourth-order valence-corrected chi connectivity index (χ4v) is 3.25. The topological polar surface area (TPSA) is 59.2 Å². The molecule has 1 saturated heterocycles. The zero-order valence-corrected chi connectivity index (χ0v) is 15.5. The number of amides is 1. The summed E-state index contributed by atoms with van der Waals surface area (Å²) in [5.74, 6) is 0.297. The second-order valence-electron chi connectivity index (χ2n) is 6.30. The van der Waals surface area contributed by atoms with Crippen LogP contribution in [0.5, 0.6) is 0 Å². The van der Waals surface area contributed by atoms with E-state index >= 15 is 0 Å². The van der Waals surface area contributed by atoms with E-state index in [0.717, 1.165) is 10.0 Å². The summed E-state index contributed by atoms with van der Waals surface area (Å²) < 4.78 is 20.2. The monoisotopic (exact) mass is 415 g/mol. The molecule has 1 amide bonds. The second-order valence-corrected chi connectivity index (χ2v) is 7.22. The molecule has 0 radical (unpaired) electrons. The van der Waals surface area contributed by atoms with E-state index in [-0.39, 0.29) is 24.1 Å². The lowest BCUT2D eigenvalue weighted by atomic mass is 10.1. The maximum Gasteiger partial charge on any atom is 0.232 e. The summed E-state index contributed by atoms with van der Waals surface area (Å²) in [5.41, 5.74) is 1.94. The van der Waals surface area contributed by atoms with Crippen LogP contribution < -0.4 is 4.90 Å². The van der Waals surface area contributed by atoms with Gasteiger partial charge in [0.2, 0.25) is 17.6 Å². The number of nitrogens with zero attached hydrogens (tertiary/aromatic N) is 3. The first kappa shape index (κ1) is 16.9. The number of benzene rings is 2. The maximum atomic E-state index is 13.8. The van der Waals surface area contributed by atoms with E-state index in [1.54, 1.807) is 24.0 Å². The first-order valence-corrected chi connectivity index (χ1v) is 8.96. The molecule has 0 N–H and O–H groups in total. The lowest BCUT2D eigenvalue weighted by Gasteiger charge is -2.16. The van der Waals surface area contributed by atoms with Crippen molar-refractivity contribution in [2.24, 2.45) is 0 Å². The van der Waals surface area contributed by atoms with Crippen LogP contribution in [0.1, 0.15) is 23.8 Å². The van der Waals surface area contributed by atoms with E-state index in [9.17, 15) is 9.18 Å². The van der Waals surface area contributed by atoms with Crippen LogP contribution in [0.3, 0.4) is 0 Å². The van der Waals surface area contributed by atoms with E-state index in [0.29, 0.717) is 29.5 Å². The third kappa shape index (κ3) is 3.14. The van der Waals surface area contributed by atoms with Crippen LogP contribution in [0.2, 0.25) is 0 Å². The van der Waals surface area contributed by atoms with Gasteiger partial charge in [0.1, 0.15) is 5.82 Å². The summed E-state index contributed by atoms with van der Waals surface area (Å²) in [7, 11) is 0. The molecule has 4 rings (SSSR count). The zero-order valence-electron chi connectivity index (χ0n) is 13.9. The van der Waals surface area contributed by atoms with E-state index in [2.05, 4.69) is 26.1 Å². The quantitative estimate of drug-likeness (QED) is 0.633. The fraction of sp³-hybridized carbons (Fsp3) is 0.211. The van der Waals surface area contributed by atoms with Crippen molar-refractivity contribution >= 4 is 27.5 Å². The summed E-state index contributed by atoms with van der Waals surface area (Å²) in [6.07, 6.45) is 0.261. The summed E-state index contributed by atoms with van der Waals surface area (Å²) in [6, 6.07) is 12.4. The molecule has 0 saturated carbocycles. The second kappa shape index (κ2) is 6.64. The number of aromatic nitrogens is 2. The average Bonchev–Trinajstić information content (AvgIpc) is 3.25. The summed E-state index contributed by atoms with van der Waals surface area (Å²) in [5, 5.41) is 4.02. The molecule has 0 aliphatic carbocycles. The van der Waals surface area contributed by atoms with Gasteiger partial charge < -0.3 is 9.42 Å². The molecule has 3 aromatic rings. The zero-order chi connectivity index (χ0) is 18.3. The minimum absolute atomic E-state index is 0.0818. The standard InChI is InChI=1S/C19H15BrFN3O2/c1-11-2-7-15(9-16(11)21)24-10-13(8-17(24)25)19-22-18(23-26-19)12-3-5-14(20)6-4-12/h2-7,9,13H,8,10H2,1H3. The lowest BCUT2D eigenvalue weighted by molar-refractivity contribution is -0.117. The van der Waals surface area contributed by atoms with Crippen molar-refractivity contribution in [3.05, 3.63) is 64.2 Å². The van der Waals surface area contributed by atoms with Crippen molar-refractivity contribution in [3.8, 4) is 11.4 Å². The Balaban J connectivity index is 1.55. The molecule has 7 heteroatoms. The number of aryl methyl sites for hydroxylation is 1. The molecule has 1 aliphatic rings. The SMILES string of the molecule is Cc1ccc(N2CC(c3nc(-c4ccc(Br)cc4)no3)CC2=O)cc1F. The van der Waals surface area contributed by atoms with Gasteiger partial charge in [0.15, 0.2) is 0 Å². The van der Waals surface area contributed by atoms with Gasteiger partial charge in [-0.25, -0.2) is 4.39 Å². The highest BCUT2D eigenvalue weighted by molar-refractivity contribution is 9.10. The van der Waals surface area contributed by atoms with Gasteiger partial charge in [-0.3, -0.25) is 4.79 Å². The van der Waals surface area contributed by atoms with Crippen LogP contribution in [-0.4, -0.2) is 22.6 Å². The summed E-state index contributed by atoms with van der Waals surface area (Å²) in [6.45, 7) is 2.08. The van der Waals surface area contributed by atoms with Gasteiger partial charge in [-0.15, -0.1) is 0 Å². The molecular formula is C19H15BrFN3O2. The van der Waals surface area contributed by atoms with Gasteiger partial charge in [-0.2, -0.15) is 4.98 Å². The Hall–Kier alpha value is -2.54. The molecule has 1 aliphatic heterocycles. The molecule has 1 fully saturated rings. The van der Waals surface area contributed by atoms with Crippen LogP contribution in [-0.2, 0) is 4.79 Å². The van der Waals surface area contributed by atoms with Gasteiger partial charge in [0, 0.05) is 28.7 Å². The Morgan fingerprint density at radius 1 is 1.23 bits per heavy atom. The van der Waals surface area contributed by atoms with Gasteiger partial charge in [0.05, 0.1) is 5.92 Å². The minimum Gasteiger partial charge on any atom is -0.339 e. The molecule has 1 aromatic heterocycles. The van der Waals surface area contributed by atoms with Crippen LogP contribution in [0.15, 0.2) is 51.5 Å². The van der Waals surface area contributed by atoms with Crippen molar-refractivity contribution in [1.29, 1.82) is 0 Å². The van der Waals surface area contributed by atoms with Crippen LogP contribution in [0.4, 0.5) is 10.1 Å². The first-order valence-electron chi connectivity index (χ1n) is 8.17. The molecule has 2 aromatic carbocycles. The van der Waals surface area contributed by atoms with Crippen LogP contribution in [0.25, 0.3) is 11.4 Å². The maximum absolute atomic E-state index is 13.8. The number of carbonyl (C=O) groups is 1. The van der Waals surface area contributed by atoms with Crippen molar-refractivity contribution < 1.29 is 13.7 Å². The third-order valence-corrected chi connectivity index (χ3v) is 5.01. The fourth-order valence-electron chi connectivity index (χ4n) is 2.99. The Bertz CT molecular complexity index is 971. The first-order chi connectivity index (χ1) is 12.5. The average molecular weight is 416 g/mol. The summed E-state index contributed by atoms with van der Waals surface area (Å²) >= 11 is 3.39. The van der Waals surface area contributed by atoms with Crippen molar-refractivity contribution in [1.82, 2.24) is 10.1 Å². The van der Waals surface area contributed by atoms with E-state index < -0.39 is 0 Å². The van der Waals surface area contributed by atoms with Gasteiger partial charge in [-0.05, 0) is 48.9 Å². The molecule has 0 spiro atoms. The molecule has 2 heterocycles. The number of rotatable bonds is 3. The van der Waals surface area contributed by atoms with Gasteiger partial charge in [-0.1, -0.05) is 27.2 Å². The molecular weight excluding hydrogens is 401 g/mol. The number of carbonyl (C=O) groups excluding carboxylic acids is 1. The number of hydrogen-bond acceptors (Lipinski definition) is 4. The molecule has 5 nitrogen and oxygen atoms in total. The molecule has 1 atom stereocenters. The third-order valence-electron chi connectivity index (χ3n) is 4.49. The smallest absolute Gasteiger partial charge is 0.232 e.